The van der Waals surface area contributed by atoms with E-state index in [2.05, 4.69) is 240 Å². The van der Waals surface area contributed by atoms with Crippen molar-refractivity contribution in [3.63, 3.8) is 0 Å². The molecule has 0 bridgehead atoms. The first-order valence-electron chi connectivity index (χ1n) is 22.5. The van der Waals surface area contributed by atoms with E-state index in [4.69, 9.17) is 0 Å². The van der Waals surface area contributed by atoms with Gasteiger partial charge in [-0.3, -0.25) is 0 Å². The van der Waals surface area contributed by atoms with Gasteiger partial charge in [0.25, 0.3) is 0 Å². The van der Waals surface area contributed by atoms with Crippen LogP contribution < -0.4 is 9.80 Å². The maximum Gasteiger partial charge on any atom is 0.0546 e. The van der Waals surface area contributed by atoms with Crippen LogP contribution >= 0.6 is 22.7 Å². The van der Waals surface area contributed by atoms with Crippen LogP contribution in [-0.2, 0) is 0 Å². The fourth-order valence-electron chi connectivity index (χ4n) is 10.5. The standard InChI is InChI=1S/C62H38N2S2/c1-3-15-41-33-43(27-25-39(41)13-1)63(45-29-31-61-55(35-45)51-21-9-11-23-59(51)65-61)57-37-53-48-18-6-8-20-50(48)58(38-54(53)47-17-5-7-19-49(47)57)64(44-28-26-40-14-2-4-16-42(40)34-44)46-30-32-62-56(36-46)52-22-10-12-24-60(52)66-62/h1-38H. The number of anilines is 6. The molecule has 0 amide bonds. The molecule has 0 spiro atoms. The first-order valence-corrected chi connectivity index (χ1v) is 24.1. The number of hydrogen-bond acceptors (Lipinski definition) is 4. The van der Waals surface area contributed by atoms with Gasteiger partial charge in [0.2, 0.25) is 0 Å². The van der Waals surface area contributed by atoms with Crippen molar-refractivity contribution in [1.29, 1.82) is 0 Å². The SMILES string of the molecule is c1ccc2cc(N(c3ccc4sc5ccccc5c4c3)c3cc4c5ccccc5c(N(c5ccc6ccccc6c5)c5ccc6sc7ccccc7c6c5)cc4c4ccccc34)ccc2c1. The Balaban J connectivity index is 1.05. The van der Waals surface area contributed by atoms with E-state index in [9.17, 15) is 0 Å². The smallest absolute Gasteiger partial charge is 0.0546 e. The Kier molecular flexibility index (Phi) is 8.36. The van der Waals surface area contributed by atoms with E-state index in [1.807, 2.05) is 22.7 Å². The largest absolute Gasteiger partial charge is 0.310 e. The Bertz CT molecular complexity index is 4000. The zero-order valence-electron chi connectivity index (χ0n) is 35.7. The molecule has 308 valence electrons. The van der Waals surface area contributed by atoms with E-state index in [0.29, 0.717) is 0 Å². The van der Waals surface area contributed by atoms with Crippen molar-refractivity contribution >= 4 is 151 Å². The summed E-state index contributed by atoms with van der Waals surface area (Å²) in [7, 11) is 0. The Labute approximate surface area is 389 Å². The molecule has 14 aromatic rings. The van der Waals surface area contributed by atoms with Crippen LogP contribution in [0.25, 0.3) is 94.2 Å². The summed E-state index contributed by atoms with van der Waals surface area (Å²) in [5.41, 5.74) is 6.79. The third-order valence-electron chi connectivity index (χ3n) is 13.5. The summed E-state index contributed by atoms with van der Waals surface area (Å²) in [6.07, 6.45) is 0. The monoisotopic (exact) mass is 874 g/mol. The molecular formula is C62H38N2S2. The molecule has 2 aromatic heterocycles. The quantitative estimate of drug-likeness (QED) is 0.154. The van der Waals surface area contributed by atoms with Crippen molar-refractivity contribution in [1.82, 2.24) is 0 Å². The van der Waals surface area contributed by atoms with E-state index in [1.165, 1.54) is 94.2 Å². The van der Waals surface area contributed by atoms with Gasteiger partial charge in [-0.1, -0.05) is 146 Å². The van der Waals surface area contributed by atoms with Gasteiger partial charge < -0.3 is 9.80 Å². The Morgan fingerprint density at radius 1 is 0.212 bits per heavy atom. The third kappa shape index (κ3) is 5.86. The molecule has 66 heavy (non-hydrogen) atoms. The van der Waals surface area contributed by atoms with Gasteiger partial charge in [0.15, 0.2) is 0 Å². The van der Waals surface area contributed by atoms with Crippen LogP contribution in [0.5, 0.6) is 0 Å². The molecule has 0 unspecified atom stereocenters. The first kappa shape index (κ1) is 37.4. The van der Waals surface area contributed by atoms with Crippen LogP contribution in [0.2, 0.25) is 0 Å². The highest BCUT2D eigenvalue weighted by Crippen LogP contribution is 2.50. The Morgan fingerprint density at radius 2 is 0.545 bits per heavy atom. The average Bonchev–Trinajstić information content (AvgIpc) is 3.94. The lowest BCUT2D eigenvalue weighted by Gasteiger charge is -2.30. The summed E-state index contributed by atoms with van der Waals surface area (Å²) in [4.78, 5) is 4.98. The van der Waals surface area contributed by atoms with Crippen LogP contribution in [0.4, 0.5) is 34.1 Å². The lowest BCUT2D eigenvalue weighted by molar-refractivity contribution is 1.31. The summed E-state index contributed by atoms with van der Waals surface area (Å²) >= 11 is 3.72. The zero-order chi connectivity index (χ0) is 43.3. The molecule has 0 saturated heterocycles. The zero-order valence-corrected chi connectivity index (χ0v) is 37.3. The van der Waals surface area contributed by atoms with Gasteiger partial charge in [0, 0.05) is 73.9 Å². The summed E-state index contributed by atoms with van der Waals surface area (Å²) in [6, 6.07) is 85.7. The predicted molar refractivity (Wildman–Crippen MR) is 289 cm³/mol. The van der Waals surface area contributed by atoms with E-state index >= 15 is 0 Å². The highest BCUT2D eigenvalue weighted by molar-refractivity contribution is 7.26. The van der Waals surface area contributed by atoms with Crippen molar-refractivity contribution in [2.24, 2.45) is 0 Å². The van der Waals surface area contributed by atoms with E-state index in [1.54, 1.807) is 0 Å². The molecule has 2 nitrogen and oxygen atoms in total. The van der Waals surface area contributed by atoms with Gasteiger partial charge in [-0.15, -0.1) is 22.7 Å². The lowest BCUT2D eigenvalue weighted by atomic mass is 9.93. The molecule has 0 aliphatic carbocycles. The Morgan fingerprint density at radius 3 is 1.00 bits per heavy atom. The molecule has 14 rings (SSSR count). The normalized spacial score (nSPS) is 11.9. The highest BCUT2D eigenvalue weighted by atomic mass is 32.1. The van der Waals surface area contributed by atoms with Crippen molar-refractivity contribution < 1.29 is 0 Å². The minimum atomic E-state index is 1.12. The number of nitrogens with zero attached hydrogens (tertiary/aromatic N) is 2. The van der Waals surface area contributed by atoms with Crippen molar-refractivity contribution in [2.75, 3.05) is 9.80 Å². The van der Waals surface area contributed by atoms with Gasteiger partial charge in [0.1, 0.15) is 0 Å². The summed E-state index contributed by atoms with van der Waals surface area (Å²) in [6.45, 7) is 0. The predicted octanol–water partition coefficient (Wildman–Crippen LogP) is 19.1. The number of rotatable bonds is 6. The van der Waals surface area contributed by atoms with E-state index in [0.717, 1.165) is 34.1 Å². The second kappa shape index (κ2) is 14.8. The minimum Gasteiger partial charge on any atom is -0.310 e. The van der Waals surface area contributed by atoms with Crippen LogP contribution in [0.3, 0.4) is 0 Å². The van der Waals surface area contributed by atoms with Crippen LogP contribution in [0.15, 0.2) is 231 Å². The molecule has 2 heterocycles. The minimum absolute atomic E-state index is 1.12. The fourth-order valence-corrected chi connectivity index (χ4v) is 12.6. The lowest BCUT2D eigenvalue weighted by Crippen LogP contribution is -2.12. The number of hydrogen-bond donors (Lipinski definition) is 0. The maximum atomic E-state index is 2.49. The highest BCUT2D eigenvalue weighted by Gasteiger charge is 2.23. The van der Waals surface area contributed by atoms with Gasteiger partial charge in [0.05, 0.1) is 11.4 Å². The maximum absolute atomic E-state index is 2.49. The molecule has 4 heteroatoms. The van der Waals surface area contributed by atoms with E-state index < -0.39 is 0 Å². The molecule has 0 N–H and O–H groups in total. The van der Waals surface area contributed by atoms with Crippen LogP contribution in [0.1, 0.15) is 0 Å². The van der Waals surface area contributed by atoms with Crippen molar-refractivity contribution in [3.8, 4) is 0 Å². The molecule has 0 radical (unpaired) electrons. The second-order valence-corrected chi connectivity index (χ2v) is 19.4. The second-order valence-electron chi connectivity index (χ2n) is 17.3. The van der Waals surface area contributed by atoms with Gasteiger partial charge in [-0.25, -0.2) is 0 Å². The summed E-state index contributed by atoms with van der Waals surface area (Å²) in [5, 5.41) is 17.3. The molecular weight excluding hydrogens is 837 g/mol. The Hall–Kier alpha value is -8.02. The number of benzene rings is 12. The van der Waals surface area contributed by atoms with Gasteiger partial charge in [-0.05, 0) is 128 Å². The molecule has 0 saturated carbocycles. The molecule has 0 fully saturated rings. The summed E-state index contributed by atoms with van der Waals surface area (Å²) < 4.78 is 5.20. The van der Waals surface area contributed by atoms with Gasteiger partial charge >= 0.3 is 0 Å². The van der Waals surface area contributed by atoms with Gasteiger partial charge in [-0.2, -0.15) is 0 Å². The van der Waals surface area contributed by atoms with Crippen LogP contribution in [0, 0.1) is 0 Å². The topological polar surface area (TPSA) is 6.48 Å². The van der Waals surface area contributed by atoms with Crippen LogP contribution in [-0.4, -0.2) is 0 Å². The number of thiophene rings is 2. The average molecular weight is 875 g/mol. The first-order chi connectivity index (χ1) is 32.7. The van der Waals surface area contributed by atoms with Crippen molar-refractivity contribution in [3.05, 3.63) is 231 Å². The number of fused-ring (bicyclic) bond motifs is 13. The van der Waals surface area contributed by atoms with Crippen molar-refractivity contribution in [2.45, 2.75) is 0 Å². The molecule has 0 atom stereocenters. The molecule has 12 aromatic carbocycles. The summed E-state index contributed by atoms with van der Waals surface area (Å²) in [5.74, 6) is 0. The van der Waals surface area contributed by atoms with E-state index in [-0.39, 0.29) is 0 Å². The molecule has 0 aliphatic rings. The third-order valence-corrected chi connectivity index (χ3v) is 15.8. The molecule has 0 aliphatic heterocycles. The fraction of sp³-hybridized carbons (Fsp3) is 0.